The largest absolute Gasteiger partial charge is 0.545 e. The predicted octanol–water partition coefficient (Wildman–Crippen LogP) is 24.0. The molecule has 0 N–H and O–H groups in total. The smallest absolute Gasteiger partial charge is 0.306 e. The lowest BCUT2D eigenvalue weighted by Crippen LogP contribution is -2.44. The molecule has 0 bridgehead atoms. The molecule has 0 aromatic heterocycles. The zero-order chi connectivity index (χ0) is 64.7. The number of ether oxygens (including phenoxy) is 4. The van der Waals surface area contributed by atoms with E-state index in [-0.39, 0.29) is 32.2 Å². The summed E-state index contributed by atoms with van der Waals surface area (Å²) < 4.78 is 22.9. The van der Waals surface area contributed by atoms with E-state index in [9.17, 15) is 19.5 Å². The number of carbonyl (C=O) groups excluding carboxylic acids is 3. The van der Waals surface area contributed by atoms with Crippen molar-refractivity contribution < 1.29 is 42.9 Å². The molecule has 9 nitrogen and oxygen atoms in total. The van der Waals surface area contributed by atoms with Crippen LogP contribution in [0.3, 0.4) is 0 Å². The highest BCUT2D eigenvalue weighted by Crippen LogP contribution is 2.21. The van der Waals surface area contributed by atoms with Gasteiger partial charge in [-0.3, -0.25) is 9.59 Å². The zero-order valence-corrected chi connectivity index (χ0v) is 60.9. The van der Waals surface area contributed by atoms with Gasteiger partial charge in [0.25, 0.3) is 0 Å². The quantitative estimate of drug-likeness (QED) is 0.0256. The number of quaternary nitrogens is 1. The van der Waals surface area contributed by atoms with Crippen molar-refractivity contribution in [2.24, 2.45) is 0 Å². The molecular formula is C80H157NO8. The number of likely N-dealkylation sites (N-methyl/N-ethyl adjacent to an activating group) is 1. The van der Waals surface area contributed by atoms with E-state index >= 15 is 0 Å². The van der Waals surface area contributed by atoms with Gasteiger partial charge in [-0.2, -0.15) is 0 Å². The van der Waals surface area contributed by atoms with Crippen molar-refractivity contribution in [3.05, 3.63) is 0 Å². The molecule has 0 saturated carbocycles. The molecule has 0 heterocycles. The fraction of sp³-hybridized carbons (Fsp3) is 0.963. The Morgan fingerprint density at radius 2 is 0.506 bits per heavy atom. The molecule has 9 heteroatoms. The average Bonchev–Trinajstić information content (AvgIpc) is 3.60. The summed E-state index contributed by atoms with van der Waals surface area (Å²) >= 11 is 0. The lowest BCUT2D eigenvalue weighted by molar-refractivity contribution is -0.870. The molecule has 89 heavy (non-hydrogen) atoms. The van der Waals surface area contributed by atoms with Gasteiger partial charge in [-0.25, -0.2) is 0 Å². The standard InChI is InChI=1S/C80H157NO8/c1-6-8-10-12-14-16-18-20-22-24-26-28-30-32-34-35-36-37-38-39-40-41-42-43-44-45-47-49-51-53-55-57-59-61-63-65-67-69-71-78(83)89-76(75-88-80(79(84)85)86-73-72-81(3,4)5)74-87-77(82)70-68-66-64-62-60-58-56-54-52-50-48-46-33-31-29-27-25-23-21-19-17-15-13-11-9-7-2/h76,80H,6-75H2,1-5H3. The van der Waals surface area contributed by atoms with Crippen LogP contribution in [0.4, 0.5) is 0 Å². The number of carbonyl (C=O) groups is 3. The first-order valence-electron chi connectivity index (χ1n) is 40.2. The lowest BCUT2D eigenvalue weighted by Gasteiger charge is -2.26. The maximum atomic E-state index is 13.0. The molecule has 2 atom stereocenters. The Kier molecular flexibility index (Phi) is 70.7. The van der Waals surface area contributed by atoms with Crippen LogP contribution in [0.2, 0.25) is 0 Å². The SMILES string of the molecule is CCCCCCCCCCCCCCCCCCCCCCCCCCCCCCCCCCCCCCCCC(=O)OC(COC(=O)CCCCCCCCCCCCCCCCCCCCCCCCCCCC)COC(OCC[N+](C)(C)C)C(=O)[O-]. The molecular weight excluding hydrogens is 1100 g/mol. The number of unbranched alkanes of at least 4 members (excludes halogenated alkanes) is 62. The molecule has 0 rings (SSSR count). The molecule has 0 aromatic rings. The van der Waals surface area contributed by atoms with Crippen LogP contribution < -0.4 is 5.11 Å². The average molecular weight is 1260 g/mol. The van der Waals surface area contributed by atoms with E-state index in [0.717, 1.165) is 38.5 Å². The second-order valence-corrected chi connectivity index (χ2v) is 29.1. The van der Waals surface area contributed by atoms with Crippen molar-refractivity contribution in [1.82, 2.24) is 0 Å². The fourth-order valence-electron chi connectivity index (χ4n) is 12.7. The first-order valence-corrected chi connectivity index (χ1v) is 40.2. The van der Waals surface area contributed by atoms with Crippen molar-refractivity contribution in [2.75, 3.05) is 47.5 Å². The first kappa shape index (κ1) is 87.3. The Balaban J connectivity index is 3.92. The van der Waals surface area contributed by atoms with Crippen molar-refractivity contribution in [1.29, 1.82) is 0 Å². The summed E-state index contributed by atoms with van der Waals surface area (Å²) in [6.07, 6.45) is 85.3. The van der Waals surface area contributed by atoms with Crippen molar-refractivity contribution in [3.8, 4) is 0 Å². The van der Waals surface area contributed by atoms with E-state index in [1.807, 2.05) is 21.1 Å². The second-order valence-electron chi connectivity index (χ2n) is 29.1. The number of esters is 2. The van der Waals surface area contributed by atoms with Crippen molar-refractivity contribution >= 4 is 17.9 Å². The molecule has 0 fully saturated rings. The normalized spacial score (nSPS) is 12.5. The Morgan fingerprint density at radius 1 is 0.292 bits per heavy atom. The summed E-state index contributed by atoms with van der Waals surface area (Å²) in [4.78, 5) is 37.6. The van der Waals surface area contributed by atoms with Gasteiger partial charge in [0.2, 0.25) is 0 Å². The van der Waals surface area contributed by atoms with E-state index in [1.165, 1.54) is 372 Å². The molecule has 0 aromatic carbocycles. The summed E-state index contributed by atoms with van der Waals surface area (Å²) in [7, 11) is 5.96. The van der Waals surface area contributed by atoms with Gasteiger partial charge in [0.1, 0.15) is 13.2 Å². The molecule has 0 aliphatic carbocycles. The van der Waals surface area contributed by atoms with Crippen LogP contribution in [0.5, 0.6) is 0 Å². The van der Waals surface area contributed by atoms with Crippen LogP contribution in [-0.4, -0.2) is 82.3 Å². The lowest BCUT2D eigenvalue weighted by atomic mass is 10.0. The molecule has 0 radical (unpaired) electrons. The summed E-state index contributed by atoms with van der Waals surface area (Å²) in [5, 5.41) is 11.8. The van der Waals surface area contributed by atoms with Crippen LogP contribution in [0.15, 0.2) is 0 Å². The van der Waals surface area contributed by atoms with Crippen LogP contribution in [0.1, 0.15) is 438 Å². The van der Waals surface area contributed by atoms with E-state index in [4.69, 9.17) is 18.9 Å². The van der Waals surface area contributed by atoms with Gasteiger partial charge >= 0.3 is 11.9 Å². The number of carboxylic acids is 1. The number of aliphatic carboxylic acids is 1. The third kappa shape index (κ3) is 73.6. The minimum Gasteiger partial charge on any atom is -0.545 e. The highest BCUT2D eigenvalue weighted by Gasteiger charge is 2.22. The second kappa shape index (κ2) is 72.1. The topological polar surface area (TPSA) is 111 Å². The molecule has 0 saturated heterocycles. The van der Waals surface area contributed by atoms with Crippen LogP contribution in [-0.2, 0) is 33.3 Å². The number of hydrogen-bond donors (Lipinski definition) is 0. The Hall–Kier alpha value is -1.71. The number of rotatable bonds is 77. The summed E-state index contributed by atoms with van der Waals surface area (Å²) in [6, 6.07) is 0. The Bertz CT molecular complexity index is 1420. The van der Waals surface area contributed by atoms with Crippen molar-refractivity contribution in [2.45, 2.75) is 450 Å². The minimum absolute atomic E-state index is 0.154. The van der Waals surface area contributed by atoms with Gasteiger partial charge in [-0.15, -0.1) is 0 Å². The zero-order valence-electron chi connectivity index (χ0n) is 60.9. The summed E-state index contributed by atoms with van der Waals surface area (Å²) in [6.45, 7) is 4.86. The van der Waals surface area contributed by atoms with Crippen LogP contribution in [0.25, 0.3) is 0 Å². The fourth-order valence-corrected chi connectivity index (χ4v) is 12.7. The predicted molar refractivity (Wildman–Crippen MR) is 381 cm³/mol. The maximum absolute atomic E-state index is 13.0. The van der Waals surface area contributed by atoms with Gasteiger partial charge in [0, 0.05) is 12.8 Å². The Labute approximate surface area is 555 Å². The highest BCUT2D eigenvalue weighted by atomic mass is 16.7. The van der Waals surface area contributed by atoms with Gasteiger partial charge in [0.15, 0.2) is 12.4 Å². The third-order valence-electron chi connectivity index (χ3n) is 18.9. The van der Waals surface area contributed by atoms with Gasteiger partial charge in [0.05, 0.1) is 40.3 Å². The number of nitrogens with zero attached hydrogens (tertiary/aromatic N) is 1. The van der Waals surface area contributed by atoms with Gasteiger partial charge in [-0.05, 0) is 12.8 Å². The van der Waals surface area contributed by atoms with Crippen LogP contribution in [0, 0.1) is 0 Å². The Morgan fingerprint density at radius 3 is 0.719 bits per heavy atom. The van der Waals surface area contributed by atoms with Crippen LogP contribution >= 0.6 is 0 Å². The van der Waals surface area contributed by atoms with Gasteiger partial charge < -0.3 is 33.3 Å². The molecule has 0 amide bonds. The molecule has 530 valence electrons. The monoisotopic (exact) mass is 1260 g/mol. The molecule has 0 aliphatic rings. The van der Waals surface area contributed by atoms with E-state index in [0.29, 0.717) is 17.4 Å². The van der Waals surface area contributed by atoms with Crippen molar-refractivity contribution in [3.63, 3.8) is 0 Å². The molecule has 0 aliphatic heterocycles. The third-order valence-corrected chi connectivity index (χ3v) is 18.9. The first-order chi connectivity index (χ1) is 43.6. The highest BCUT2D eigenvalue weighted by molar-refractivity contribution is 5.70. The minimum atomic E-state index is -1.62. The number of carboxylic acid groups (broad SMARTS) is 1. The number of hydrogen-bond acceptors (Lipinski definition) is 8. The van der Waals surface area contributed by atoms with E-state index in [1.54, 1.807) is 0 Å². The van der Waals surface area contributed by atoms with E-state index < -0.39 is 24.3 Å². The molecule has 2 unspecified atom stereocenters. The summed E-state index contributed by atoms with van der Waals surface area (Å²) in [5.74, 6) is -2.24. The maximum Gasteiger partial charge on any atom is 0.306 e. The molecule has 0 spiro atoms. The van der Waals surface area contributed by atoms with E-state index in [2.05, 4.69) is 13.8 Å². The summed E-state index contributed by atoms with van der Waals surface area (Å²) in [5.41, 5.74) is 0. The van der Waals surface area contributed by atoms with Gasteiger partial charge in [-0.1, -0.05) is 412 Å².